The highest BCUT2D eigenvalue weighted by Crippen LogP contribution is 2.35. The van der Waals surface area contributed by atoms with Crippen molar-refractivity contribution in [2.45, 2.75) is 30.8 Å². The first kappa shape index (κ1) is 22.6. The van der Waals surface area contributed by atoms with Crippen molar-refractivity contribution in [3.05, 3.63) is 77.2 Å². The number of nitrogens with zero attached hydrogens (tertiary/aromatic N) is 1. The number of nitrogens with one attached hydrogen (secondary N) is 1. The predicted molar refractivity (Wildman–Crippen MR) is 111 cm³/mol. The first-order chi connectivity index (χ1) is 14.5. The average Bonchev–Trinajstić information content (AvgIpc) is 2.68. The third-order valence-electron chi connectivity index (χ3n) is 4.33. The van der Waals surface area contributed by atoms with Gasteiger partial charge in [0.2, 0.25) is 5.88 Å². The molecule has 0 saturated carbocycles. The molecule has 2 aromatic carbocycles. The Hall–Kier alpha value is -3.07. The third kappa shape index (κ3) is 5.55. The number of ether oxygens (including phenoxy) is 1. The van der Waals surface area contributed by atoms with Gasteiger partial charge in [0.1, 0.15) is 17.1 Å². The van der Waals surface area contributed by atoms with E-state index < -0.39 is 29.0 Å². The van der Waals surface area contributed by atoms with Crippen LogP contribution in [0.5, 0.6) is 11.6 Å². The van der Waals surface area contributed by atoms with Gasteiger partial charge in [0.25, 0.3) is 5.91 Å². The second-order valence-corrected chi connectivity index (χ2v) is 7.53. The Kier molecular flexibility index (Phi) is 6.54. The van der Waals surface area contributed by atoms with Crippen LogP contribution in [-0.4, -0.2) is 10.9 Å². The molecule has 0 spiro atoms. The fraction of sp³-hybridized carbons (Fsp3) is 0.182. The maximum Gasteiger partial charge on any atom is 0.417 e. The average molecular weight is 450 g/mol. The van der Waals surface area contributed by atoms with Crippen LogP contribution < -0.4 is 10.1 Å². The van der Waals surface area contributed by atoms with Crippen LogP contribution in [-0.2, 0) is 6.18 Å². The molecule has 162 valence electrons. The Balaban J connectivity index is 2.03. The molecule has 1 aromatic heterocycles. The minimum atomic E-state index is -4.70. The molecule has 1 N–H and O–H groups in total. The van der Waals surface area contributed by atoms with Crippen molar-refractivity contribution in [2.24, 2.45) is 0 Å². The highest BCUT2D eigenvalue weighted by Gasteiger charge is 2.33. The number of thiol groups is 1. The maximum absolute atomic E-state index is 13.6. The van der Waals surface area contributed by atoms with Gasteiger partial charge in [-0.1, -0.05) is 19.9 Å². The molecule has 4 nitrogen and oxygen atoms in total. The van der Waals surface area contributed by atoms with Gasteiger partial charge in [-0.05, 0) is 48.4 Å². The number of halogens is 4. The quantitative estimate of drug-likeness (QED) is 0.336. The number of carbonyl (C=O) groups excluding carboxylic acids is 1. The number of benzene rings is 2. The van der Waals surface area contributed by atoms with Gasteiger partial charge < -0.3 is 10.1 Å². The van der Waals surface area contributed by atoms with Gasteiger partial charge >= 0.3 is 6.18 Å². The van der Waals surface area contributed by atoms with Crippen molar-refractivity contribution in [3.8, 4) is 11.6 Å². The third-order valence-corrected chi connectivity index (χ3v) is 4.61. The number of rotatable bonds is 5. The van der Waals surface area contributed by atoms with E-state index >= 15 is 0 Å². The molecule has 3 rings (SSSR count). The summed E-state index contributed by atoms with van der Waals surface area (Å²) >= 11 is 4.18. The SMILES string of the molecule is CC(C)c1cc(F)ccc1Oc1ncc(C(F)(F)F)cc1C(=O)Nc1cccc(S)c1. The van der Waals surface area contributed by atoms with Gasteiger partial charge in [0.15, 0.2) is 0 Å². The highest BCUT2D eigenvalue weighted by atomic mass is 32.1. The van der Waals surface area contributed by atoms with Crippen LogP contribution >= 0.6 is 12.6 Å². The van der Waals surface area contributed by atoms with Crippen LogP contribution in [0.4, 0.5) is 23.2 Å². The molecule has 0 aliphatic rings. The van der Waals surface area contributed by atoms with Gasteiger partial charge in [-0.15, -0.1) is 12.6 Å². The van der Waals surface area contributed by atoms with E-state index in [-0.39, 0.29) is 17.5 Å². The van der Waals surface area contributed by atoms with Gasteiger partial charge in [-0.3, -0.25) is 4.79 Å². The lowest BCUT2D eigenvalue weighted by atomic mass is 10.0. The van der Waals surface area contributed by atoms with E-state index in [9.17, 15) is 22.4 Å². The zero-order valence-electron chi connectivity index (χ0n) is 16.5. The van der Waals surface area contributed by atoms with Crippen molar-refractivity contribution in [2.75, 3.05) is 5.32 Å². The first-order valence-electron chi connectivity index (χ1n) is 9.19. The number of anilines is 1. The summed E-state index contributed by atoms with van der Waals surface area (Å²) in [5, 5.41) is 2.52. The van der Waals surface area contributed by atoms with Crippen molar-refractivity contribution >= 4 is 24.2 Å². The molecule has 31 heavy (non-hydrogen) atoms. The molecule has 0 fully saturated rings. The van der Waals surface area contributed by atoms with Crippen LogP contribution in [0.1, 0.15) is 41.3 Å². The van der Waals surface area contributed by atoms with Gasteiger partial charge in [-0.2, -0.15) is 13.2 Å². The van der Waals surface area contributed by atoms with Gasteiger partial charge in [0, 0.05) is 22.3 Å². The summed E-state index contributed by atoms with van der Waals surface area (Å²) in [6.45, 7) is 3.61. The number of amides is 1. The molecule has 0 aliphatic carbocycles. The minimum absolute atomic E-state index is 0.143. The summed E-state index contributed by atoms with van der Waals surface area (Å²) in [6.07, 6.45) is -4.12. The van der Waals surface area contributed by atoms with E-state index in [0.29, 0.717) is 28.4 Å². The van der Waals surface area contributed by atoms with Crippen LogP contribution in [0.15, 0.2) is 59.6 Å². The summed E-state index contributed by atoms with van der Waals surface area (Å²) in [4.78, 5) is 17.1. The molecular formula is C22H18F4N2O2S. The molecule has 1 amide bonds. The molecular weight excluding hydrogens is 432 g/mol. The Labute approximate surface area is 181 Å². The predicted octanol–water partition coefficient (Wildman–Crippen LogP) is 6.70. The van der Waals surface area contributed by atoms with Crippen molar-refractivity contribution < 1.29 is 27.1 Å². The Bertz CT molecular complexity index is 1120. The molecule has 0 bridgehead atoms. The van der Waals surface area contributed by atoms with E-state index in [1.165, 1.54) is 12.1 Å². The summed E-state index contributed by atoms with van der Waals surface area (Å²) in [5.41, 5.74) is -0.698. The number of alkyl halides is 3. The van der Waals surface area contributed by atoms with E-state index in [1.807, 2.05) is 0 Å². The fourth-order valence-electron chi connectivity index (χ4n) is 2.80. The summed E-state index contributed by atoms with van der Waals surface area (Å²) in [5.74, 6) is -1.62. The summed E-state index contributed by atoms with van der Waals surface area (Å²) in [6, 6.07) is 10.9. The van der Waals surface area contributed by atoms with Crippen molar-refractivity contribution in [1.82, 2.24) is 4.98 Å². The summed E-state index contributed by atoms with van der Waals surface area (Å²) in [7, 11) is 0. The zero-order chi connectivity index (χ0) is 22.8. The standard InChI is InChI=1S/C22H18F4N2O2S/c1-12(2)17-9-14(23)6-7-19(17)30-21-18(8-13(11-27-21)22(24,25)26)20(29)28-15-4-3-5-16(31)10-15/h3-12,31H,1-2H3,(H,28,29). The molecule has 0 unspecified atom stereocenters. The smallest absolute Gasteiger partial charge is 0.417 e. The lowest BCUT2D eigenvalue weighted by Crippen LogP contribution is -2.16. The zero-order valence-corrected chi connectivity index (χ0v) is 17.4. The molecule has 9 heteroatoms. The molecule has 3 aromatic rings. The molecule has 0 radical (unpaired) electrons. The second-order valence-electron chi connectivity index (χ2n) is 7.02. The first-order valence-corrected chi connectivity index (χ1v) is 9.64. The Morgan fingerprint density at radius 2 is 1.87 bits per heavy atom. The van der Waals surface area contributed by atoms with Crippen LogP contribution in [0.2, 0.25) is 0 Å². The van der Waals surface area contributed by atoms with E-state index in [4.69, 9.17) is 4.74 Å². The number of aromatic nitrogens is 1. The van der Waals surface area contributed by atoms with Crippen LogP contribution in [0.3, 0.4) is 0 Å². The molecule has 0 saturated heterocycles. The van der Waals surface area contributed by atoms with Crippen LogP contribution in [0, 0.1) is 5.82 Å². The second kappa shape index (κ2) is 8.97. The molecule has 0 atom stereocenters. The molecule has 1 heterocycles. The largest absolute Gasteiger partial charge is 0.438 e. The van der Waals surface area contributed by atoms with Gasteiger partial charge in [-0.25, -0.2) is 9.37 Å². The lowest BCUT2D eigenvalue weighted by molar-refractivity contribution is -0.137. The normalized spacial score (nSPS) is 11.5. The van der Waals surface area contributed by atoms with E-state index in [2.05, 4.69) is 22.9 Å². The summed E-state index contributed by atoms with van der Waals surface area (Å²) < 4.78 is 59.0. The van der Waals surface area contributed by atoms with Crippen molar-refractivity contribution in [1.29, 1.82) is 0 Å². The van der Waals surface area contributed by atoms with E-state index in [0.717, 1.165) is 6.07 Å². The van der Waals surface area contributed by atoms with E-state index in [1.54, 1.807) is 38.1 Å². The Morgan fingerprint density at radius 1 is 1.13 bits per heavy atom. The number of hydrogen-bond acceptors (Lipinski definition) is 4. The van der Waals surface area contributed by atoms with Crippen molar-refractivity contribution in [3.63, 3.8) is 0 Å². The number of hydrogen-bond donors (Lipinski definition) is 2. The number of pyridine rings is 1. The monoisotopic (exact) mass is 450 g/mol. The highest BCUT2D eigenvalue weighted by molar-refractivity contribution is 7.80. The topological polar surface area (TPSA) is 51.2 Å². The Morgan fingerprint density at radius 3 is 2.52 bits per heavy atom. The maximum atomic E-state index is 13.6. The molecule has 0 aliphatic heterocycles. The number of carbonyl (C=O) groups is 1. The minimum Gasteiger partial charge on any atom is -0.438 e. The van der Waals surface area contributed by atoms with Crippen LogP contribution in [0.25, 0.3) is 0 Å². The van der Waals surface area contributed by atoms with Gasteiger partial charge in [0.05, 0.1) is 5.56 Å². The lowest BCUT2D eigenvalue weighted by Gasteiger charge is -2.16. The fourth-order valence-corrected chi connectivity index (χ4v) is 3.03.